The van der Waals surface area contributed by atoms with Crippen molar-refractivity contribution in [3.05, 3.63) is 34.1 Å². The van der Waals surface area contributed by atoms with E-state index in [2.05, 4.69) is 0 Å². The van der Waals surface area contributed by atoms with Crippen LogP contribution in [0.25, 0.3) is 0 Å². The van der Waals surface area contributed by atoms with Crippen LogP contribution in [-0.4, -0.2) is 0 Å². The van der Waals surface area contributed by atoms with Gasteiger partial charge in [0.2, 0.25) is 0 Å². The Labute approximate surface area is 77.1 Å². The summed E-state index contributed by atoms with van der Waals surface area (Å²) in [6.07, 6.45) is -4.70. The smallest absolute Gasteiger partial charge is 0.206 e. The van der Waals surface area contributed by atoms with Gasteiger partial charge in [-0.3, -0.25) is 0 Å². The van der Waals surface area contributed by atoms with Crippen LogP contribution in [0, 0.1) is 12.7 Å². The van der Waals surface area contributed by atoms with Crippen molar-refractivity contribution < 1.29 is 17.6 Å². The summed E-state index contributed by atoms with van der Waals surface area (Å²) in [7, 11) is 0. The quantitative estimate of drug-likeness (QED) is 0.574. The SMILES string of the molecule is Cc1c(Cl)ccc(F)c1C(F)(F)F. The van der Waals surface area contributed by atoms with Crippen molar-refractivity contribution >= 4 is 11.6 Å². The second-order valence-electron chi connectivity index (χ2n) is 2.53. The van der Waals surface area contributed by atoms with Crippen molar-refractivity contribution in [2.75, 3.05) is 0 Å². The molecule has 0 amide bonds. The maximum absolute atomic E-state index is 12.7. The number of hydrogen-bond acceptors (Lipinski definition) is 0. The van der Waals surface area contributed by atoms with Crippen molar-refractivity contribution in [2.24, 2.45) is 0 Å². The van der Waals surface area contributed by atoms with Gasteiger partial charge in [0.05, 0.1) is 5.56 Å². The van der Waals surface area contributed by atoms with E-state index in [0.717, 1.165) is 13.0 Å². The van der Waals surface area contributed by atoms with Crippen LogP contribution in [0.3, 0.4) is 0 Å². The lowest BCUT2D eigenvalue weighted by atomic mass is 10.1. The van der Waals surface area contributed by atoms with E-state index in [1.54, 1.807) is 0 Å². The zero-order valence-electron chi connectivity index (χ0n) is 6.54. The van der Waals surface area contributed by atoms with Crippen LogP contribution in [0.15, 0.2) is 12.1 Å². The van der Waals surface area contributed by atoms with E-state index in [1.165, 1.54) is 0 Å². The third kappa shape index (κ3) is 1.94. The Morgan fingerprint density at radius 1 is 1.23 bits per heavy atom. The lowest BCUT2D eigenvalue weighted by Gasteiger charge is -2.11. The van der Waals surface area contributed by atoms with E-state index in [4.69, 9.17) is 11.6 Å². The van der Waals surface area contributed by atoms with Gasteiger partial charge in [-0.25, -0.2) is 4.39 Å². The maximum Gasteiger partial charge on any atom is 0.419 e. The van der Waals surface area contributed by atoms with Gasteiger partial charge in [0.1, 0.15) is 5.82 Å². The van der Waals surface area contributed by atoms with Crippen LogP contribution in [0.4, 0.5) is 17.6 Å². The molecule has 72 valence electrons. The molecule has 0 unspecified atom stereocenters. The minimum atomic E-state index is -4.70. The zero-order valence-corrected chi connectivity index (χ0v) is 7.30. The molecule has 0 aromatic heterocycles. The molecule has 0 N–H and O–H groups in total. The molecular weight excluding hydrogens is 208 g/mol. The fourth-order valence-corrected chi connectivity index (χ4v) is 1.16. The number of hydrogen-bond donors (Lipinski definition) is 0. The molecule has 0 saturated heterocycles. The molecule has 0 aliphatic carbocycles. The molecule has 0 aliphatic rings. The first-order valence-electron chi connectivity index (χ1n) is 3.36. The lowest BCUT2D eigenvalue weighted by Crippen LogP contribution is -2.10. The van der Waals surface area contributed by atoms with Gasteiger partial charge < -0.3 is 0 Å². The molecule has 0 heterocycles. The molecule has 1 rings (SSSR count). The summed E-state index contributed by atoms with van der Waals surface area (Å²) in [5.74, 6) is -1.30. The average Bonchev–Trinajstić information content (AvgIpc) is 1.95. The fraction of sp³-hybridized carbons (Fsp3) is 0.250. The highest BCUT2D eigenvalue weighted by molar-refractivity contribution is 6.31. The lowest BCUT2D eigenvalue weighted by molar-refractivity contribution is -0.140. The van der Waals surface area contributed by atoms with E-state index in [0.29, 0.717) is 6.07 Å². The Bertz CT molecular complexity index is 330. The normalized spacial score (nSPS) is 11.8. The number of benzene rings is 1. The molecular formula is C8H5ClF4. The van der Waals surface area contributed by atoms with Crippen molar-refractivity contribution in [2.45, 2.75) is 13.1 Å². The summed E-state index contributed by atoms with van der Waals surface area (Å²) in [6, 6.07) is 1.81. The standard InChI is InChI=1S/C8H5ClF4/c1-4-5(9)2-3-6(10)7(4)8(11,12)13/h2-3H,1H3. The van der Waals surface area contributed by atoms with Crippen molar-refractivity contribution in [3.63, 3.8) is 0 Å². The fourth-order valence-electron chi connectivity index (χ4n) is 1.00. The van der Waals surface area contributed by atoms with E-state index >= 15 is 0 Å². The minimum absolute atomic E-state index is 0.0891. The van der Waals surface area contributed by atoms with Gasteiger partial charge in [0, 0.05) is 5.02 Å². The Balaban J connectivity index is 3.43. The Morgan fingerprint density at radius 3 is 2.15 bits per heavy atom. The van der Waals surface area contributed by atoms with Crippen LogP contribution >= 0.6 is 11.6 Å². The first-order valence-corrected chi connectivity index (χ1v) is 3.73. The predicted octanol–water partition coefficient (Wildman–Crippen LogP) is 3.81. The first-order chi connectivity index (χ1) is 5.84. The highest BCUT2D eigenvalue weighted by atomic mass is 35.5. The second kappa shape index (κ2) is 3.18. The van der Waals surface area contributed by atoms with E-state index < -0.39 is 17.6 Å². The minimum Gasteiger partial charge on any atom is -0.206 e. The maximum atomic E-state index is 12.7. The monoisotopic (exact) mass is 212 g/mol. The third-order valence-corrected chi connectivity index (χ3v) is 2.04. The van der Waals surface area contributed by atoms with Crippen LogP contribution in [0.5, 0.6) is 0 Å². The Kier molecular flexibility index (Phi) is 2.52. The van der Waals surface area contributed by atoms with Crippen LogP contribution in [0.2, 0.25) is 5.02 Å². The highest BCUT2D eigenvalue weighted by Crippen LogP contribution is 2.36. The molecule has 0 aliphatic heterocycles. The molecule has 0 radical (unpaired) electrons. The van der Waals surface area contributed by atoms with Gasteiger partial charge in [-0.05, 0) is 24.6 Å². The molecule has 0 bridgehead atoms. The topological polar surface area (TPSA) is 0 Å². The molecule has 1 aromatic carbocycles. The third-order valence-electron chi connectivity index (χ3n) is 1.63. The molecule has 0 atom stereocenters. The summed E-state index contributed by atoms with van der Waals surface area (Å²) in [5, 5.41) is -0.0891. The first kappa shape index (κ1) is 10.3. The Morgan fingerprint density at radius 2 is 1.77 bits per heavy atom. The number of rotatable bonds is 0. The molecule has 5 heteroatoms. The van der Waals surface area contributed by atoms with Crippen molar-refractivity contribution in [1.29, 1.82) is 0 Å². The molecule has 13 heavy (non-hydrogen) atoms. The molecule has 0 nitrogen and oxygen atoms in total. The van der Waals surface area contributed by atoms with Crippen molar-refractivity contribution in [3.8, 4) is 0 Å². The van der Waals surface area contributed by atoms with Crippen LogP contribution in [0.1, 0.15) is 11.1 Å². The van der Waals surface area contributed by atoms with Gasteiger partial charge in [-0.1, -0.05) is 11.6 Å². The zero-order chi connectivity index (χ0) is 10.2. The van der Waals surface area contributed by atoms with Crippen LogP contribution in [-0.2, 0) is 6.18 Å². The summed E-state index contributed by atoms with van der Waals surface area (Å²) in [5.41, 5.74) is -1.57. The number of halogens is 5. The number of alkyl halides is 3. The molecule has 0 spiro atoms. The van der Waals surface area contributed by atoms with Gasteiger partial charge in [0.25, 0.3) is 0 Å². The van der Waals surface area contributed by atoms with Gasteiger partial charge in [0.15, 0.2) is 0 Å². The molecule has 1 aromatic rings. The van der Waals surface area contributed by atoms with Crippen molar-refractivity contribution in [1.82, 2.24) is 0 Å². The van der Waals surface area contributed by atoms with E-state index in [1.807, 2.05) is 0 Å². The highest BCUT2D eigenvalue weighted by Gasteiger charge is 2.36. The second-order valence-corrected chi connectivity index (χ2v) is 2.93. The molecule has 0 fully saturated rings. The van der Waals surface area contributed by atoms with Crippen LogP contribution < -0.4 is 0 Å². The summed E-state index contributed by atoms with van der Waals surface area (Å²) < 4.78 is 49.3. The van der Waals surface area contributed by atoms with E-state index in [9.17, 15) is 17.6 Å². The molecule has 0 saturated carbocycles. The Hall–Kier alpha value is -0.770. The summed E-state index contributed by atoms with van der Waals surface area (Å²) in [6.45, 7) is 1.13. The van der Waals surface area contributed by atoms with E-state index in [-0.39, 0.29) is 10.6 Å². The van der Waals surface area contributed by atoms with Gasteiger partial charge >= 0.3 is 6.18 Å². The summed E-state index contributed by atoms with van der Waals surface area (Å²) >= 11 is 5.43. The largest absolute Gasteiger partial charge is 0.419 e. The summed E-state index contributed by atoms with van der Waals surface area (Å²) in [4.78, 5) is 0. The van der Waals surface area contributed by atoms with Gasteiger partial charge in [-0.15, -0.1) is 0 Å². The predicted molar refractivity (Wildman–Crippen MR) is 41.1 cm³/mol. The average molecular weight is 213 g/mol. The van der Waals surface area contributed by atoms with Gasteiger partial charge in [-0.2, -0.15) is 13.2 Å².